The van der Waals surface area contributed by atoms with E-state index in [0.717, 1.165) is 16.0 Å². The third kappa shape index (κ3) is 4.92. The molecule has 0 unspecified atom stereocenters. The number of hydrogen-bond acceptors (Lipinski definition) is 2. The normalized spacial score (nSPS) is 8.86. The lowest BCUT2D eigenvalue weighted by molar-refractivity contribution is -0.136. The van der Waals surface area contributed by atoms with Crippen LogP contribution < -0.4 is 0 Å². The zero-order chi connectivity index (χ0) is 11.1. The van der Waals surface area contributed by atoms with Gasteiger partial charge >= 0.3 is 5.97 Å². The smallest absolute Gasteiger partial charge is 0.307 e. The zero-order valence-electron chi connectivity index (χ0n) is 8.74. The molecule has 0 saturated carbocycles. The molecule has 3 heteroatoms. The summed E-state index contributed by atoms with van der Waals surface area (Å²) in [5.41, 5.74) is 1.84. The number of aliphatic carboxylic acids is 1. The maximum absolute atomic E-state index is 10.4. The highest BCUT2D eigenvalue weighted by molar-refractivity contribution is 7.80. The fourth-order valence-electron chi connectivity index (χ4n) is 1.12. The Morgan fingerprint density at radius 1 is 1.36 bits per heavy atom. The number of rotatable bonds is 2. The first kappa shape index (κ1) is 13.0. The van der Waals surface area contributed by atoms with Crippen molar-refractivity contribution in [2.45, 2.75) is 32.1 Å². The molecule has 1 aromatic carbocycles. The summed E-state index contributed by atoms with van der Waals surface area (Å²) in [6.45, 7) is 5.92. The van der Waals surface area contributed by atoms with E-state index in [0.29, 0.717) is 0 Å². The summed E-state index contributed by atoms with van der Waals surface area (Å²) < 4.78 is 0. The minimum absolute atomic E-state index is 0.0647. The van der Waals surface area contributed by atoms with E-state index in [1.165, 1.54) is 0 Å². The van der Waals surface area contributed by atoms with E-state index in [2.05, 4.69) is 12.6 Å². The second-order valence-corrected chi connectivity index (χ2v) is 3.26. The molecular weight excluding hydrogens is 196 g/mol. The van der Waals surface area contributed by atoms with Crippen molar-refractivity contribution in [3.63, 3.8) is 0 Å². The Hall–Kier alpha value is -0.960. The number of hydrogen-bond donors (Lipinski definition) is 2. The minimum Gasteiger partial charge on any atom is -0.481 e. The van der Waals surface area contributed by atoms with E-state index >= 15 is 0 Å². The van der Waals surface area contributed by atoms with Gasteiger partial charge in [0.25, 0.3) is 0 Å². The predicted molar refractivity (Wildman–Crippen MR) is 61.1 cm³/mol. The van der Waals surface area contributed by atoms with Gasteiger partial charge in [0, 0.05) is 4.90 Å². The molecule has 14 heavy (non-hydrogen) atoms. The summed E-state index contributed by atoms with van der Waals surface area (Å²) in [4.78, 5) is 11.2. The molecule has 0 saturated heterocycles. The molecular formula is C11H16O2S. The van der Waals surface area contributed by atoms with Crippen molar-refractivity contribution in [1.82, 2.24) is 0 Å². The van der Waals surface area contributed by atoms with E-state index in [-0.39, 0.29) is 6.42 Å². The van der Waals surface area contributed by atoms with Crippen LogP contribution in [0, 0.1) is 6.92 Å². The third-order valence-corrected chi connectivity index (χ3v) is 1.74. The van der Waals surface area contributed by atoms with Crippen LogP contribution in [0.5, 0.6) is 0 Å². The maximum atomic E-state index is 10.4. The molecule has 0 aliphatic heterocycles. The van der Waals surface area contributed by atoms with Crippen LogP contribution in [-0.2, 0) is 11.2 Å². The van der Waals surface area contributed by atoms with Crippen molar-refractivity contribution < 1.29 is 9.90 Å². The first-order valence-electron chi connectivity index (χ1n) is 4.59. The van der Waals surface area contributed by atoms with Gasteiger partial charge in [-0.2, -0.15) is 0 Å². The summed E-state index contributed by atoms with van der Waals surface area (Å²) in [6, 6.07) is 5.52. The molecule has 1 aromatic rings. The number of aryl methyl sites for hydroxylation is 1. The molecule has 0 spiro atoms. The van der Waals surface area contributed by atoms with E-state index in [1.807, 2.05) is 32.9 Å². The van der Waals surface area contributed by atoms with Gasteiger partial charge in [-0.15, -0.1) is 12.6 Å². The minimum atomic E-state index is -0.812. The highest BCUT2D eigenvalue weighted by atomic mass is 32.1. The van der Waals surface area contributed by atoms with E-state index in [4.69, 9.17) is 5.11 Å². The average molecular weight is 212 g/mol. The van der Waals surface area contributed by atoms with Crippen LogP contribution in [0.15, 0.2) is 23.1 Å². The molecule has 0 fully saturated rings. The van der Waals surface area contributed by atoms with E-state index in [9.17, 15) is 4.79 Å². The molecule has 0 radical (unpaired) electrons. The third-order valence-electron chi connectivity index (χ3n) is 1.48. The molecule has 1 N–H and O–H groups in total. The van der Waals surface area contributed by atoms with Crippen molar-refractivity contribution in [2.75, 3.05) is 0 Å². The van der Waals surface area contributed by atoms with Gasteiger partial charge in [-0.05, 0) is 30.2 Å². The number of carboxylic acid groups (broad SMARTS) is 1. The van der Waals surface area contributed by atoms with Gasteiger partial charge in [-0.1, -0.05) is 19.9 Å². The highest BCUT2D eigenvalue weighted by Gasteiger charge is 2.01. The molecule has 0 bridgehead atoms. The SMILES string of the molecule is CC.Cc1cc(S)cc(CC(=O)O)c1. The Morgan fingerprint density at radius 2 is 1.93 bits per heavy atom. The second-order valence-electron chi connectivity index (χ2n) is 2.75. The van der Waals surface area contributed by atoms with Crippen molar-refractivity contribution in [3.8, 4) is 0 Å². The first-order valence-corrected chi connectivity index (χ1v) is 5.04. The summed E-state index contributed by atoms with van der Waals surface area (Å²) in [7, 11) is 0. The molecule has 1 rings (SSSR count). The molecule has 0 atom stereocenters. The summed E-state index contributed by atoms with van der Waals surface area (Å²) in [5, 5.41) is 8.52. The van der Waals surface area contributed by atoms with Crippen LogP contribution in [0.1, 0.15) is 25.0 Å². The second kappa shape index (κ2) is 6.49. The van der Waals surface area contributed by atoms with Crippen LogP contribution in [-0.4, -0.2) is 11.1 Å². The topological polar surface area (TPSA) is 37.3 Å². The van der Waals surface area contributed by atoms with Crippen molar-refractivity contribution >= 4 is 18.6 Å². The molecule has 0 aliphatic carbocycles. The van der Waals surface area contributed by atoms with E-state index < -0.39 is 5.97 Å². The molecule has 2 nitrogen and oxygen atoms in total. The Kier molecular flexibility index (Phi) is 6.04. The van der Waals surface area contributed by atoms with Gasteiger partial charge in [0.15, 0.2) is 0 Å². The lowest BCUT2D eigenvalue weighted by atomic mass is 10.1. The average Bonchev–Trinajstić information content (AvgIpc) is 2.04. The van der Waals surface area contributed by atoms with Crippen LogP contribution >= 0.6 is 12.6 Å². The van der Waals surface area contributed by atoms with Gasteiger partial charge in [0.05, 0.1) is 6.42 Å². The standard InChI is InChI=1S/C9H10O2S.C2H6/c1-6-2-7(5-9(10)11)4-8(12)3-6;1-2/h2-4,12H,5H2,1H3,(H,10,11);1-2H3. The maximum Gasteiger partial charge on any atom is 0.307 e. The highest BCUT2D eigenvalue weighted by Crippen LogP contribution is 2.13. The summed E-state index contributed by atoms with van der Waals surface area (Å²) >= 11 is 4.15. The van der Waals surface area contributed by atoms with Crippen LogP contribution in [0.3, 0.4) is 0 Å². The Balaban J connectivity index is 0.000000791. The summed E-state index contributed by atoms with van der Waals surface area (Å²) in [5.74, 6) is -0.812. The van der Waals surface area contributed by atoms with Crippen molar-refractivity contribution in [2.24, 2.45) is 0 Å². The molecule has 0 aromatic heterocycles. The summed E-state index contributed by atoms with van der Waals surface area (Å²) in [6.07, 6.45) is 0.0647. The van der Waals surface area contributed by atoms with E-state index in [1.54, 1.807) is 6.07 Å². The van der Waals surface area contributed by atoms with Crippen LogP contribution in [0.2, 0.25) is 0 Å². The lowest BCUT2D eigenvalue weighted by Crippen LogP contribution is -2.00. The quantitative estimate of drug-likeness (QED) is 0.740. The Bertz CT molecular complexity index is 288. The molecule has 0 aliphatic rings. The Labute approximate surface area is 90.4 Å². The first-order chi connectivity index (χ1) is 6.58. The Morgan fingerprint density at radius 3 is 2.36 bits per heavy atom. The molecule has 78 valence electrons. The lowest BCUT2D eigenvalue weighted by Gasteiger charge is -2.00. The number of benzene rings is 1. The van der Waals surface area contributed by atoms with Crippen LogP contribution in [0.25, 0.3) is 0 Å². The number of carbonyl (C=O) groups is 1. The van der Waals surface area contributed by atoms with Gasteiger partial charge in [0.2, 0.25) is 0 Å². The zero-order valence-corrected chi connectivity index (χ0v) is 9.64. The van der Waals surface area contributed by atoms with Gasteiger partial charge in [0.1, 0.15) is 0 Å². The monoisotopic (exact) mass is 212 g/mol. The van der Waals surface area contributed by atoms with Gasteiger partial charge in [-0.25, -0.2) is 0 Å². The van der Waals surface area contributed by atoms with Gasteiger partial charge in [-0.3, -0.25) is 4.79 Å². The van der Waals surface area contributed by atoms with Crippen molar-refractivity contribution in [3.05, 3.63) is 29.3 Å². The molecule has 0 heterocycles. The van der Waals surface area contributed by atoms with Crippen LogP contribution in [0.4, 0.5) is 0 Å². The fraction of sp³-hybridized carbons (Fsp3) is 0.364. The van der Waals surface area contributed by atoms with Crippen molar-refractivity contribution in [1.29, 1.82) is 0 Å². The fourth-order valence-corrected chi connectivity index (χ4v) is 1.49. The molecule has 0 amide bonds. The predicted octanol–water partition coefficient (Wildman–Crippen LogP) is 2.94. The van der Waals surface area contributed by atoms with Gasteiger partial charge < -0.3 is 5.11 Å². The number of thiol groups is 1. The number of carboxylic acids is 1. The largest absolute Gasteiger partial charge is 0.481 e.